The number of aromatic nitrogens is 3. The Labute approximate surface area is 295 Å². The summed E-state index contributed by atoms with van der Waals surface area (Å²) in [4.78, 5) is 15.4. The van der Waals surface area contributed by atoms with Crippen molar-refractivity contribution in [2.24, 2.45) is 0 Å². The fourth-order valence-electron chi connectivity index (χ4n) is 7.45. The Balaban J connectivity index is 1.16. The third-order valence-electron chi connectivity index (χ3n) is 9.76. The van der Waals surface area contributed by atoms with E-state index >= 15 is 0 Å². The van der Waals surface area contributed by atoms with Gasteiger partial charge < -0.3 is 8.83 Å². The van der Waals surface area contributed by atoms with Crippen molar-refractivity contribution in [1.29, 1.82) is 0 Å². The molecular formula is C45H25N3O2S. The molecule has 0 unspecified atom stereocenters. The number of hydrogen-bond acceptors (Lipinski definition) is 6. The van der Waals surface area contributed by atoms with Gasteiger partial charge in [0.1, 0.15) is 22.3 Å². The number of furan rings is 2. The maximum absolute atomic E-state index is 6.49. The highest BCUT2D eigenvalue weighted by Crippen LogP contribution is 2.43. The minimum Gasteiger partial charge on any atom is -0.456 e. The van der Waals surface area contributed by atoms with Crippen LogP contribution in [0.4, 0.5) is 0 Å². The molecule has 238 valence electrons. The molecule has 0 fully saturated rings. The van der Waals surface area contributed by atoms with Gasteiger partial charge in [0, 0.05) is 58.4 Å². The first kappa shape index (κ1) is 28.2. The summed E-state index contributed by atoms with van der Waals surface area (Å²) >= 11 is 1.84. The Bertz CT molecular complexity index is 3160. The van der Waals surface area contributed by atoms with Crippen molar-refractivity contribution in [1.82, 2.24) is 15.0 Å². The first-order chi connectivity index (χ1) is 25.3. The molecule has 0 radical (unpaired) electrons. The molecule has 0 amide bonds. The Kier molecular flexibility index (Phi) is 6.05. The molecule has 51 heavy (non-hydrogen) atoms. The van der Waals surface area contributed by atoms with Gasteiger partial charge in [-0.05, 0) is 47.5 Å². The second-order valence-electron chi connectivity index (χ2n) is 12.7. The lowest BCUT2D eigenvalue weighted by atomic mass is 9.99. The number of rotatable bonds is 4. The summed E-state index contributed by atoms with van der Waals surface area (Å²) in [7, 11) is 0. The summed E-state index contributed by atoms with van der Waals surface area (Å²) in [6.45, 7) is 0. The third-order valence-corrected chi connectivity index (χ3v) is 11.0. The predicted octanol–water partition coefficient (Wildman–Crippen LogP) is 12.7. The zero-order chi connectivity index (χ0) is 33.5. The monoisotopic (exact) mass is 671 g/mol. The summed E-state index contributed by atoms with van der Waals surface area (Å²) < 4.78 is 15.3. The normalized spacial score (nSPS) is 11.9. The molecule has 4 aromatic heterocycles. The number of nitrogens with zero attached hydrogens (tertiary/aromatic N) is 3. The van der Waals surface area contributed by atoms with Crippen LogP contribution in [-0.2, 0) is 0 Å². The Morgan fingerprint density at radius 3 is 1.73 bits per heavy atom. The predicted molar refractivity (Wildman–Crippen MR) is 209 cm³/mol. The zero-order valence-corrected chi connectivity index (χ0v) is 27.8. The molecular weight excluding hydrogens is 647 g/mol. The summed E-state index contributed by atoms with van der Waals surface area (Å²) in [5.41, 5.74) is 8.25. The van der Waals surface area contributed by atoms with Gasteiger partial charge in [0.15, 0.2) is 17.5 Å². The molecule has 5 nitrogen and oxygen atoms in total. The van der Waals surface area contributed by atoms with Crippen molar-refractivity contribution in [3.05, 3.63) is 152 Å². The van der Waals surface area contributed by atoms with Crippen molar-refractivity contribution in [2.45, 2.75) is 0 Å². The largest absolute Gasteiger partial charge is 0.456 e. The van der Waals surface area contributed by atoms with Gasteiger partial charge >= 0.3 is 0 Å². The molecule has 11 rings (SSSR count). The standard InChI is InChI=1S/C45H25N3O2S/c1-2-11-26(12-3-1)43-46-44(32-17-9-20-37-40(32)31-14-4-6-19-35(31)49-37)48-45(47-43)33-18-10-21-38-41(33)34-25-27(23-24-36(34)50-38)28-15-8-16-30-29-13-5-7-22-39(29)51-42(28)30/h1-25H. The molecule has 0 aliphatic heterocycles. The number of hydrogen-bond donors (Lipinski definition) is 0. The first-order valence-electron chi connectivity index (χ1n) is 16.9. The number of benzene rings is 7. The van der Waals surface area contributed by atoms with Crippen molar-refractivity contribution >= 4 is 75.4 Å². The molecule has 0 N–H and O–H groups in total. The molecule has 0 saturated carbocycles. The molecule has 0 atom stereocenters. The SMILES string of the molecule is c1ccc(-c2nc(-c3cccc4oc5ccccc5c34)nc(-c3cccc4oc5ccc(-c6cccc7c6sc6ccccc67)cc5c34)n2)cc1. The van der Waals surface area contributed by atoms with Gasteiger partial charge in [-0.25, -0.2) is 15.0 Å². The van der Waals surface area contributed by atoms with Crippen molar-refractivity contribution < 1.29 is 8.83 Å². The number of para-hydroxylation sites is 1. The van der Waals surface area contributed by atoms with Crippen LogP contribution < -0.4 is 0 Å². The average Bonchev–Trinajstić information content (AvgIpc) is 3.89. The Morgan fingerprint density at radius 2 is 0.941 bits per heavy atom. The zero-order valence-electron chi connectivity index (χ0n) is 27.0. The fraction of sp³-hybridized carbons (Fsp3) is 0. The van der Waals surface area contributed by atoms with Crippen LogP contribution in [0.3, 0.4) is 0 Å². The van der Waals surface area contributed by atoms with E-state index in [2.05, 4.69) is 78.9 Å². The van der Waals surface area contributed by atoms with E-state index in [1.165, 1.54) is 25.7 Å². The van der Waals surface area contributed by atoms with Crippen LogP contribution in [0.2, 0.25) is 0 Å². The number of thiophene rings is 1. The summed E-state index contributed by atoms with van der Waals surface area (Å²) in [5.74, 6) is 1.76. The molecule has 0 aliphatic carbocycles. The third kappa shape index (κ3) is 4.37. The van der Waals surface area contributed by atoms with Crippen LogP contribution in [0.25, 0.3) is 109 Å². The van der Waals surface area contributed by atoms with Crippen LogP contribution in [-0.4, -0.2) is 15.0 Å². The molecule has 4 heterocycles. The first-order valence-corrected chi connectivity index (χ1v) is 17.7. The molecule has 11 aromatic rings. The van der Waals surface area contributed by atoms with E-state index in [0.717, 1.165) is 66.1 Å². The van der Waals surface area contributed by atoms with E-state index in [1.54, 1.807) is 0 Å². The highest BCUT2D eigenvalue weighted by atomic mass is 32.1. The molecule has 0 saturated heterocycles. The highest BCUT2D eigenvalue weighted by Gasteiger charge is 2.21. The van der Waals surface area contributed by atoms with E-state index < -0.39 is 0 Å². The second kappa shape index (κ2) is 10.9. The van der Waals surface area contributed by atoms with Gasteiger partial charge in [0.25, 0.3) is 0 Å². The van der Waals surface area contributed by atoms with E-state index in [0.29, 0.717) is 17.5 Å². The number of fused-ring (bicyclic) bond motifs is 9. The maximum atomic E-state index is 6.49. The van der Waals surface area contributed by atoms with Gasteiger partial charge in [0.2, 0.25) is 0 Å². The van der Waals surface area contributed by atoms with E-state index in [9.17, 15) is 0 Å². The average molecular weight is 672 g/mol. The lowest BCUT2D eigenvalue weighted by molar-refractivity contribution is 0.668. The molecule has 0 spiro atoms. The topological polar surface area (TPSA) is 65.0 Å². The van der Waals surface area contributed by atoms with Crippen LogP contribution in [0.5, 0.6) is 0 Å². The minimum atomic E-state index is 0.578. The van der Waals surface area contributed by atoms with Gasteiger partial charge in [-0.2, -0.15) is 0 Å². The maximum Gasteiger partial charge on any atom is 0.164 e. The summed E-state index contributed by atoms with van der Waals surface area (Å²) in [6, 6.07) is 52.0. The van der Waals surface area contributed by atoms with Gasteiger partial charge in [-0.1, -0.05) is 115 Å². The molecule has 0 aliphatic rings. The quantitative estimate of drug-likeness (QED) is 0.186. The lowest BCUT2D eigenvalue weighted by Crippen LogP contribution is -2.00. The van der Waals surface area contributed by atoms with E-state index in [4.69, 9.17) is 23.8 Å². The van der Waals surface area contributed by atoms with Crippen molar-refractivity contribution in [2.75, 3.05) is 0 Å². The second-order valence-corrected chi connectivity index (χ2v) is 13.8. The van der Waals surface area contributed by atoms with E-state index in [-0.39, 0.29) is 0 Å². The molecule has 0 bridgehead atoms. The highest BCUT2D eigenvalue weighted by molar-refractivity contribution is 7.26. The van der Waals surface area contributed by atoms with Crippen LogP contribution in [0.15, 0.2) is 160 Å². The Morgan fingerprint density at radius 1 is 0.373 bits per heavy atom. The van der Waals surface area contributed by atoms with Crippen molar-refractivity contribution in [3.63, 3.8) is 0 Å². The van der Waals surface area contributed by atoms with Gasteiger partial charge in [-0.3, -0.25) is 0 Å². The summed E-state index contributed by atoms with van der Waals surface area (Å²) in [6.07, 6.45) is 0. The smallest absolute Gasteiger partial charge is 0.164 e. The Hall–Kier alpha value is -6.63. The minimum absolute atomic E-state index is 0.578. The van der Waals surface area contributed by atoms with Crippen molar-refractivity contribution in [3.8, 4) is 45.3 Å². The van der Waals surface area contributed by atoms with Gasteiger partial charge in [-0.15, -0.1) is 11.3 Å². The fourth-order valence-corrected chi connectivity index (χ4v) is 8.69. The van der Waals surface area contributed by atoms with Crippen LogP contribution >= 0.6 is 11.3 Å². The van der Waals surface area contributed by atoms with Crippen LogP contribution in [0.1, 0.15) is 0 Å². The lowest BCUT2D eigenvalue weighted by Gasteiger charge is -2.10. The van der Waals surface area contributed by atoms with Crippen LogP contribution in [0, 0.1) is 0 Å². The van der Waals surface area contributed by atoms with E-state index in [1.807, 2.05) is 84.1 Å². The summed E-state index contributed by atoms with van der Waals surface area (Å²) in [5, 5.41) is 6.56. The van der Waals surface area contributed by atoms with Gasteiger partial charge in [0.05, 0.1) is 0 Å². The molecule has 6 heteroatoms. The molecule has 7 aromatic carbocycles.